The molecule has 0 bridgehead atoms. The largest absolute Gasteiger partial charge is 0.261 e. The van der Waals surface area contributed by atoms with Gasteiger partial charge in [0.25, 0.3) is 0 Å². The van der Waals surface area contributed by atoms with E-state index in [0.717, 1.165) is 5.70 Å². The molecule has 0 N–H and O–H groups in total. The first-order chi connectivity index (χ1) is 8.06. The van der Waals surface area contributed by atoms with Gasteiger partial charge in [0, 0.05) is 21.7 Å². The molecule has 0 aliphatic heterocycles. The Hall–Kier alpha value is -0.890. The quantitative estimate of drug-likeness (QED) is 0.494. The Morgan fingerprint density at radius 1 is 1.35 bits per heavy atom. The molecule has 0 spiro atoms. The van der Waals surface area contributed by atoms with Crippen LogP contribution in [-0.2, 0) is 6.42 Å². The van der Waals surface area contributed by atoms with Crippen LogP contribution in [0, 0.1) is 13.8 Å². The van der Waals surface area contributed by atoms with Gasteiger partial charge in [-0.05, 0) is 44.7 Å². The lowest BCUT2D eigenvalue weighted by molar-refractivity contribution is 0.716. The second kappa shape index (κ2) is 6.75. The molecule has 94 valence electrons. The molecule has 1 heterocycles. The number of aryl methyl sites for hydroxylation is 1. The van der Waals surface area contributed by atoms with Gasteiger partial charge in [0.15, 0.2) is 0 Å². The maximum Gasteiger partial charge on any atom is 0.0490 e. The molecule has 2 heteroatoms. The van der Waals surface area contributed by atoms with E-state index < -0.39 is 0 Å². The standard InChI is InChI=1S/C15H23NS/c1-6-7-8-9-14-12(4)13(5)17-15(14)10-16-11(2)3/h10H,2,6-9H2,1,3-5H3. The molecule has 0 saturated carbocycles. The van der Waals surface area contributed by atoms with Crippen LogP contribution in [0.3, 0.4) is 0 Å². The number of hydrogen-bond acceptors (Lipinski definition) is 2. The summed E-state index contributed by atoms with van der Waals surface area (Å²) in [5.41, 5.74) is 3.81. The number of unbranched alkanes of at least 4 members (excludes halogenated alkanes) is 2. The molecule has 1 aromatic rings. The highest BCUT2D eigenvalue weighted by Crippen LogP contribution is 2.27. The van der Waals surface area contributed by atoms with Gasteiger partial charge in [-0.1, -0.05) is 26.3 Å². The van der Waals surface area contributed by atoms with Crippen molar-refractivity contribution in [3.63, 3.8) is 0 Å². The molecule has 0 saturated heterocycles. The molecule has 0 aliphatic carbocycles. The zero-order chi connectivity index (χ0) is 12.8. The number of nitrogens with zero attached hydrogens (tertiary/aromatic N) is 1. The van der Waals surface area contributed by atoms with E-state index in [1.807, 2.05) is 24.5 Å². The van der Waals surface area contributed by atoms with E-state index in [4.69, 9.17) is 0 Å². The first kappa shape index (κ1) is 14.2. The molecule has 1 rings (SSSR count). The minimum atomic E-state index is 0.869. The molecule has 0 aromatic carbocycles. The topological polar surface area (TPSA) is 12.4 Å². The first-order valence-corrected chi connectivity index (χ1v) is 7.16. The summed E-state index contributed by atoms with van der Waals surface area (Å²) in [7, 11) is 0. The van der Waals surface area contributed by atoms with E-state index in [-0.39, 0.29) is 0 Å². The van der Waals surface area contributed by atoms with E-state index in [9.17, 15) is 0 Å². The third kappa shape index (κ3) is 4.12. The van der Waals surface area contributed by atoms with Crippen LogP contribution >= 0.6 is 11.3 Å². The van der Waals surface area contributed by atoms with Gasteiger partial charge in [0.05, 0.1) is 0 Å². The van der Waals surface area contributed by atoms with Crippen LogP contribution in [0.5, 0.6) is 0 Å². The van der Waals surface area contributed by atoms with Crippen molar-refractivity contribution in [1.29, 1.82) is 0 Å². The van der Waals surface area contributed by atoms with Crippen molar-refractivity contribution < 1.29 is 0 Å². The van der Waals surface area contributed by atoms with Gasteiger partial charge in [-0.15, -0.1) is 11.3 Å². The van der Waals surface area contributed by atoms with Crippen LogP contribution < -0.4 is 0 Å². The fourth-order valence-electron chi connectivity index (χ4n) is 1.84. The van der Waals surface area contributed by atoms with Gasteiger partial charge in [0.2, 0.25) is 0 Å². The Morgan fingerprint density at radius 3 is 2.65 bits per heavy atom. The Bertz CT molecular complexity index is 413. The van der Waals surface area contributed by atoms with Gasteiger partial charge in [0.1, 0.15) is 0 Å². The van der Waals surface area contributed by atoms with Crippen LogP contribution in [0.2, 0.25) is 0 Å². The van der Waals surface area contributed by atoms with Gasteiger partial charge < -0.3 is 0 Å². The summed E-state index contributed by atoms with van der Waals surface area (Å²) >= 11 is 1.85. The normalized spacial score (nSPS) is 11.3. The molecule has 0 unspecified atom stereocenters. The third-order valence-electron chi connectivity index (χ3n) is 2.97. The summed E-state index contributed by atoms with van der Waals surface area (Å²) in [4.78, 5) is 7.06. The molecule has 1 nitrogen and oxygen atoms in total. The summed E-state index contributed by atoms with van der Waals surface area (Å²) in [6, 6.07) is 0. The lowest BCUT2D eigenvalue weighted by atomic mass is 10.0. The van der Waals surface area contributed by atoms with Crippen molar-refractivity contribution in [2.45, 2.75) is 53.4 Å². The maximum absolute atomic E-state index is 4.33. The number of rotatable bonds is 6. The predicted molar refractivity (Wildman–Crippen MR) is 79.4 cm³/mol. The maximum atomic E-state index is 4.33. The molecule has 0 amide bonds. The third-order valence-corrected chi connectivity index (χ3v) is 4.16. The second-order valence-electron chi connectivity index (χ2n) is 4.58. The molecule has 0 aliphatic rings. The number of aliphatic imine (C=N–C) groups is 1. The smallest absolute Gasteiger partial charge is 0.0490 e. The minimum absolute atomic E-state index is 0.869. The summed E-state index contributed by atoms with van der Waals surface area (Å²) in [6.07, 6.45) is 7.03. The molecule has 0 radical (unpaired) electrons. The minimum Gasteiger partial charge on any atom is -0.261 e. The van der Waals surface area contributed by atoms with Gasteiger partial charge in [-0.2, -0.15) is 0 Å². The van der Waals surface area contributed by atoms with E-state index in [1.54, 1.807) is 0 Å². The zero-order valence-electron chi connectivity index (χ0n) is 11.5. The fourth-order valence-corrected chi connectivity index (χ4v) is 2.93. The van der Waals surface area contributed by atoms with Crippen molar-refractivity contribution in [2.75, 3.05) is 0 Å². The van der Waals surface area contributed by atoms with Crippen LogP contribution in [0.15, 0.2) is 17.3 Å². The van der Waals surface area contributed by atoms with Crippen molar-refractivity contribution in [3.8, 4) is 0 Å². The van der Waals surface area contributed by atoms with Crippen LogP contribution in [0.4, 0.5) is 0 Å². The van der Waals surface area contributed by atoms with E-state index in [0.29, 0.717) is 0 Å². The van der Waals surface area contributed by atoms with Crippen molar-refractivity contribution >= 4 is 17.6 Å². The number of allylic oxidation sites excluding steroid dienone is 1. The Balaban J connectivity index is 2.88. The average Bonchev–Trinajstić information content (AvgIpc) is 2.54. The van der Waals surface area contributed by atoms with Crippen molar-refractivity contribution in [1.82, 2.24) is 0 Å². The monoisotopic (exact) mass is 249 g/mol. The fraction of sp³-hybridized carbons (Fsp3) is 0.533. The lowest BCUT2D eigenvalue weighted by Gasteiger charge is -2.02. The van der Waals surface area contributed by atoms with Gasteiger partial charge >= 0.3 is 0 Å². The molecule has 17 heavy (non-hydrogen) atoms. The lowest BCUT2D eigenvalue weighted by Crippen LogP contribution is -1.91. The van der Waals surface area contributed by atoms with Crippen LogP contribution in [0.1, 0.15) is 54.0 Å². The summed E-state index contributed by atoms with van der Waals surface area (Å²) < 4.78 is 0. The van der Waals surface area contributed by atoms with Crippen LogP contribution in [0.25, 0.3) is 0 Å². The highest BCUT2D eigenvalue weighted by molar-refractivity contribution is 7.14. The highest BCUT2D eigenvalue weighted by atomic mass is 32.1. The van der Waals surface area contributed by atoms with Gasteiger partial charge in [-0.3, -0.25) is 4.99 Å². The molecule has 0 fully saturated rings. The Morgan fingerprint density at radius 2 is 2.06 bits per heavy atom. The Kier molecular flexibility index (Phi) is 5.63. The van der Waals surface area contributed by atoms with Crippen LogP contribution in [-0.4, -0.2) is 6.21 Å². The van der Waals surface area contributed by atoms with Crippen molar-refractivity contribution in [2.24, 2.45) is 4.99 Å². The molecule has 1 aromatic heterocycles. The SMILES string of the molecule is C=C(C)N=Cc1sc(C)c(C)c1CCCCC. The second-order valence-corrected chi connectivity index (χ2v) is 5.83. The van der Waals surface area contributed by atoms with Crippen molar-refractivity contribution in [3.05, 3.63) is 33.2 Å². The van der Waals surface area contributed by atoms with E-state index in [2.05, 4.69) is 32.3 Å². The predicted octanol–water partition coefficient (Wildman–Crippen LogP) is 5.05. The summed E-state index contributed by atoms with van der Waals surface area (Å²) in [5, 5.41) is 0. The first-order valence-electron chi connectivity index (χ1n) is 6.34. The highest BCUT2D eigenvalue weighted by Gasteiger charge is 2.10. The molecule has 0 atom stereocenters. The number of hydrogen-bond donors (Lipinski definition) is 0. The zero-order valence-corrected chi connectivity index (χ0v) is 12.3. The molecular weight excluding hydrogens is 226 g/mol. The van der Waals surface area contributed by atoms with E-state index >= 15 is 0 Å². The molecular formula is C15H23NS. The number of thiophene rings is 1. The van der Waals surface area contributed by atoms with E-state index in [1.165, 1.54) is 46.6 Å². The summed E-state index contributed by atoms with van der Waals surface area (Å²) in [5.74, 6) is 0. The average molecular weight is 249 g/mol. The van der Waals surface area contributed by atoms with Gasteiger partial charge in [-0.25, -0.2) is 0 Å². The summed E-state index contributed by atoms with van der Waals surface area (Å²) in [6.45, 7) is 12.4. The Labute approximate surface area is 109 Å².